The minimum Gasteiger partial charge on any atom is -0.461 e. The van der Waals surface area contributed by atoms with Gasteiger partial charge in [-0.2, -0.15) is 0 Å². The third-order valence-electron chi connectivity index (χ3n) is 5.81. The van der Waals surface area contributed by atoms with Crippen LogP contribution in [-0.4, -0.2) is 40.2 Å². The molecule has 26 heavy (non-hydrogen) atoms. The van der Waals surface area contributed by atoms with Crippen LogP contribution in [0.2, 0.25) is 0 Å². The second kappa shape index (κ2) is 6.74. The predicted octanol–water partition coefficient (Wildman–Crippen LogP) is 2.77. The molecule has 1 aliphatic heterocycles. The van der Waals surface area contributed by atoms with E-state index in [0.717, 1.165) is 48.8 Å². The number of anilines is 1. The fourth-order valence-corrected chi connectivity index (χ4v) is 4.11. The monoisotopic (exact) mass is 354 g/mol. The van der Waals surface area contributed by atoms with Gasteiger partial charge in [0.25, 0.3) is 0 Å². The molecule has 0 aromatic carbocycles. The van der Waals surface area contributed by atoms with Gasteiger partial charge in [0.1, 0.15) is 5.82 Å². The topological polar surface area (TPSA) is 60.2 Å². The smallest absolute Gasteiger partial charge is 0.358 e. The van der Waals surface area contributed by atoms with Crippen LogP contribution in [-0.2, 0) is 17.7 Å². The first-order chi connectivity index (χ1) is 12.6. The van der Waals surface area contributed by atoms with Crippen molar-refractivity contribution in [2.75, 3.05) is 24.6 Å². The summed E-state index contributed by atoms with van der Waals surface area (Å²) in [5.74, 6) is 3.36. The Kier molecular flexibility index (Phi) is 4.42. The Morgan fingerprint density at radius 1 is 1.27 bits per heavy atom. The quantitative estimate of drug-likeness (QED) is 0.747. The summed E-state index contributed by atoms with van der Waals surface area (Å²) in [5.41, 5.74) is 2.63. The number of carbonyl (C=O) groups is 1. The van der Waals surface area contributed by atoms with Crippen molar-refractivity contribution < 1.29 is 9.53 Å². The van der Waals surface area contributed by atoms with Crippen molar-refractivity contribution in [1.82, 2.24) is 14.5 Å². The lowest BCUT2D eigenvalue weighted by Gasteiger charge is -2.21. The maximum atomic E-state index is 11.8. The molecule has 0 bridgehead atoms. The molecule has 6 heteroatoms. The molecule has 138 valence electrons. The maximum absolute atomic E-state index is 11.8. The Hall–Kier alpha value is -2.37. The van der Waals surface area contributed by atoms with E-state index in [2.05, 4.69) is 35.9 Å². The number of aromatic nitrogens is 3. The number of piperidine rings is 1. The number of ether oxygens (including phenoxy) is 1. The lowest BCUT2D eigenvalue weighted by Crippen LogP contribution is -2.25. The molecular weight excluding hydrogens is 328 g/mol. The first-order valence-electron chi connectivity index (χ1n) is 9.53. The van der Waals surface area contributed by atoms with E-state index < -0.39 is 0 Å². The Balaban J connectivity index is 1.47. The Bertz CT molecular complexity index is 804. The molecule has 2 fully saturated rings. The van der Waals surface area contributed by atoms with Crippen molar-refractivity contribution in [1.29, 1.82) is 0 Å². The van der Waals surface area contributed by atoms with Gasteiger partial charge >= 0.3 is 5.97 Å². The molecule has 4 rings (SSSR count). The second-order valence-corrected chi connectivity index (χ2v) is 7.37. The zero-order chi connectivity index (χ0) is 18.3. The van der Waals surface area contributed by atoms with Gasteiger partial charge in [-0.3, -0.25) is 0 Å². The van der Waals surface area contributed by atoms with Crippen LogP contribution in [0.1, 0.15) is 42.5 Å². The second-order valence-electron chi connectivity index (χ2n) is 7.37. The zero-order valence-corrected chi connectivity index (χ0v) is 15.7. The largest absolute Gasteiger partial charge is 0.461 e. The first-order valence-corrected chi connectivity index (χ1v) is 9.53. The summed E-state index contributed by atoms with van der Waals surface area (Å²) in [6.07, 6.45) is 4.30. The van der Waals surface area contributed by atoms with Crippen LogP contribution in [0.5, 0.6) is 0 Å². The molecule has 0 spiro atoms. The molecule has 6 nitrogen and oxygen atoms in total. The highest BCUT2D eigenvalue weighted by molar-refractivity contribution is 5.86. The van der Waals surface area contributed by atoms with E-state index >= 15 is 0 Å². The van der Waals surface area contributed by atoms with Crippen molar-refractivity contribution >= 4 is 11.8 Å². The number of hydrogen-bond acceptors (Lipinski definition) is 5. The van der Waals surface area contributed by atoms with Crippen LogP contribution < -0.4 is 4.90 Å². The van der Waals surface area contributed by atoms with Crippen LogP contribution in [0.15, 0.2) is 24.7 Å². The highest BCUT2D eigenvalue weighted by atomic mass is 16.5. The van der Waals surface area contributed by atoms with Crippen LogP contribution in [0.4, 0.5) is 5.82 Å². The summed E-state index contributed by atoms with van der Waals surface area (Å²) >= 11 is 0. The van der Waals surface area contributed by atoms with E-state index in [9.17, 15) is 4.79 Å². The molecular formula is C20H26N4O2. The summed E-state index contributed by atoms with van der Waals surface area (Å²) in [7, 11) is 0. The van der Waals surface area contributed by atoms with Gasteiger partial charge in [0.05, 0.1) is 19.5 Å². The molecule has 3 atom stereocenters. The highest BCUT2D eigenvalue weighted by Crippen LogP contribution is 2.51. The van der Waals surface area contributed by atoms with E-state index in [0.29, 0.717) is 18.8 Å². The molecule has 2 aromatic rings. The normalized spacial score (nSPS) is 23.8. The van der Waals surface area contributed by atoms with Gasteiger partial charge in [-0.15, -0.1) is 0 Å². The van der Waals surface area contributed by atoms with E-state index in [4.69, 9.17) is 9.72 Å². The van der Waals surface area contributed by atoms with Gasteiger partial charge < -0.3 is 14.2 Å². The number of aryl methyl sites for hydroxylation is 1. The van der Waals surface area contributed by atoms with Gasteiger partial charge in [0.15, 0.2) is 5.69 Å². The number of nitrogens with zero attached hydrogens (tertiary/aromatic N) is 4. The Morgan fingerprint density at radius 2 is 2.04 bits per heavy atom. The molecule has 0 N–H and O–H groups in total. The Labute approximate surface area is 154 Å². The molecule has 3 heterocycles. The molecule has 0 radical (unpaired) electrons. The van der Waals surface area contributed by atoms with Crippen molar-refractivity contribution in [3.8, 4) is 0 Å². The molecule has 2 aromatic heterocycles. The lowest BCUT2D eigenvalue weighted by molar-refractivity contribution is 0.0520. The van der Waals surface area contributed by atoms with E-state index in [-0.39, 0.29) is 5.97 Å². The molecule has 1 saturated heterocycles. The third kappa shape index (κ3) is 3.08. The van der Waals surface area contributed by atoms with Crippen molar-refractivity contribution in [3.05, 3.63) is 41.6 Å². The van der Waals surface area contributed by atoms with Crippen molar-refractivity contribution in [3.63, 3.8) is 0 Å². The summed E-state index contributed by atoms with van der Waals surface area (Å²) in [6, 6.07) is 4.30. The average molecular weight is 354 g/mol. The number of rotatable bonds is 6. The summed E-state index contributed by atoms with van der Waals surface area (Å²) in [4.78, 5) is 23.3. The van der Waals surface area contributed by atoms with E-state index in [1.165, 1.54) is 5.56 Å². The maximum Gasteiger partial charge on any atom is 0.358 e. The molecule has 2 aliphatic rings. The number of fused-ring (bicyclic) bond motifs is 1. The van der Waals surface area contributed by atoms with Crippen LogP contribution in [0.3, 0.4) is 0 Å². The van der Waals surface area contributed by atoms with Crippen molar-refractivity contribution in [2.24, 2.45) is 17.8 Å². The van der Waals surface area contributed by atoms with Crippen LogP contribution in [0.25, 0.3) is 0 Å². The third-order valence-corrected chi connectivity index (χ3v) is 5.81. The standard InChI is InChI=1S/C20H26N4O2/c1-4-17-14(8-23-11-18(21-12-23)20(25)26-5-2)6-7-19(22-17)24-9-15-13(3)16(15)10-24/h6-7,11-13,15-16H,4-5,8-10H2,1-3H3/t13-,15+,16-. The summed E-state index contributed by atoms with van der Waals surface area (Å²) in [6.45, 7) is 9.59. The lowest BCUT2D eigenvalue weighted by atomic mass is 10.1. The molecule has 1 saturated carbocycles. The molecule has 1 aliphatic carbocycles. The Morgan fingerprint density at radius 3 is 2.73 bits per heavy atom. The fraction of sp³-hybridized carbons (Fsp3) is 0.550. The number of pyridine rings is 1. The predicted molar refractivity (Wildman–Crippen MR) is 99.3 cm³/mol. The minimum absolute atomic E-state index is 0.347. The van der Waals surface area contributed by atoms with Crippen LogP contribution >= 0.6 is 0 Å². The zero-order valence-electron chi connectivity index (χ0n) is 15.7. The number of esters is 1. The summed E-state index contributed by atoms with van der Waals surface area (Å²) < 4.78 is 6.91. The first kappa shape index (κ1) is 17.1. The van der Waals surface area contributed by atoms with Gasteiger partial charge in [-0.05, 0) is 42.7 Å². The number of imidazole rings is 1. The summed E-state index contributed by atoms with van der Waals surface area (Å²) in [5, 5.41) is 0. The van der Waals surface area contributed by atoms with Crippen LogP contribution in [0, 0.1) is 17.8 Å². The molecule has 0 unspecified atom stereocenters. The van der Waals surface area contributed by atoms with Gasteiger partial charge in [0, 0.05) is 25.0 Å². The van der Waals surface area contributed by atoms with Gasteiger partial charge in [0.2, 0.25) is 0 Å². The number of carbonyl (C=O) groups excluding carboxylic acids is 1. The average Bonchev–Trinajstić information content (AvgIpc) is 3.07. The van der Waals surface area contributed by atoms with Crippen molar-refractivity contribution in [2.45, 2.75) is 33.7 Å². The highest BCUT2D eigenvalue weighted by Gasteiger charge is 2.52. The molecule has 0 amide bonds. The van der Waals surface area contributed by atoms with E-state index in [1.54, 1.807) is 19.4 Å². The minimum atomic E-state index is -0.378. The number of hydrogen-bond donors (Lipinski definition) is 0. The fourth-order valence-electron chi connectivity index (χ4n) is 4.11. The SMILES string of the molecule is CCOC(=O)c1cn(Cc2ccc(N3C[C@@H]4[C@H](C)[C@@H]4C3)nc2CC)cn1. The van der Waals surface area contributed by atoms with Gasteiger partial charge in [-0.1, -0.05) is 19.9 Å². The van der Waals surface area contributed by atoms with E-state index in [1.807, 2.05) is 4.57 Å². The van der Waals surface area contributed by atoms with Gasteiger partial charge in [-0.25, -0.2) is 14.8 Å².